The molecule has 2 heterocycles. The molecular weight excluding hydrogens is 302 g/mol. The lowest BCUT2D eigenvalue weighted by molar-refractivity contribution is -0.0655. The van der Waals surface area contributed by atoms with Gasteiger partial charge in [-0.2, -0.15) is 4.80 Å². The number of hydrogen-bond donors (Lipinski definition) is 7. The van der Waals surface area contributed by atoms with Crippen LogP contribution in [0.25, 0.3) is 0 Å². The van der Waals surface area contributed by atoms with Crippen molar-refractivity contribution >= 4 is 11.7 Å². The molecule has 0 saturated carbocycles. The van der Waals surface area contributed by atoms with E-state index in [0.717, 1.165) is 4.80 Å². The number of oxime groups is 2. The zero-order valence-electron chi connectivity index (χ0n) is 11.1. The molecule has 0 aliphatic carbocycles. The van der Waals surface area contributed by atoms with Crippen molar-refractivity contribution in [2.45, 2.75) is 24.5 Å². The third-order valence-electron chi connectivity index (χ3n) is 3.07. The number of hydrogen-bond acceptors (Lipinski definition) is 10. The zero-order valence-corrected chi connectivity index (χ0v) is 11.1. The number of ether oxygens (including phenoxy) is 1. The van der Waals surface area contributed by atoms with Crippen LogP contribution in [0, 0.1) is 0 Å². The normalized spacial score (nSPS) is 30.0. The van der Waals surface area contributed by atoms with Gasteiger partial charge in [0.2, 0.25) is 0 Å². The monoisotopic (exact) mass is 317 g/mol. The van der Waals surface area contributed by atoms with E-state index in [9.17, 15) is 10.2 Å². The fourth-order valence-electron chi connectivity index (χ4n) is 1.95. The summed E-state index contributed by atoms with van der Waals surface area (Å²) in [7, 11) is 0. The number of rotatable bonds is 4. The second-order valence-electron chi connectivity index (χ2n) is 4.42. The summed E-state index contributed by atoms with van der Waals surface area (Å²) in [4.78, 5) is 0.810. The van der Waals surface area contributed by atoms with Crippen molar-refractivity contribution in [1.82, 2.24) is 15.0 Å². The molecule has 0 bridgehead atoms. The molecule has 0 aromatic carbocycles. The summed E-state index contributed by atoms with van der Waals surface area (Å²) in [6, 6.07) is 0. The van der Waals surface area contributed by atoms with Crippen molar-refractivity contribution in [3.8, 4) is 0 Å². The van der Waals surface area contributed by atoms with E-state index in [2.05, 4.69) is 20.5 Å². The van der Waals surface area contributed by atoms with Gasteiger partial charge in [0.15, 0.2) is 29.3 Å². The van der Waals surface area contributed by atoms with E-state index >= 15 is 0 Å². The average molecular weight is 317 g/mol. The van der Waals surface area contributed by atoms with Crippen LogP contribution >= 0.6 is 0 Å². The molecule has 22 heavy (non-hydrogen) atoms. The Bertz CT molecular complexity index is 566. The van der Waals surface area contributed by atoms with Crippen LogP contribution in [0.3, 0.4) is 0 Å². The lowest BCUT2D eigenvalue weighted by atomic mass is 10.1. The van der Waals surface area contributed by atoms with Crippen molar-refractivity contribution < 1.29 is 30.5 Å². The molecule has 2 rings (SSSR count). The van der Waals surface area contributed by atoms with Crippen LogP contribution in [0.4, 0.5) is 0 Å². The third-order valence-corrected chi connectivity index (χ3v) is 3.07. The highest BCUT2D eigenvalue weighted by molar-refractivity contribution is 6.07. The summed E-state index contributed by atoms with van der Waals surface area (Å²) in [5, 5.41) is 59.2. The molecule has 1 aromatic rings. The number of aliphatic hydroxyl groups is 3. The Kier molecular flexibility index (Phi) is 4.41. The Hall–Kier alpha value is -2.48. The van der Waals surface area contributed by atoms with Crippen LogP contribution in [0.5, 0.6) is 0 Å². The number of nitrogens with zero attached hydrogens (tertiary/aromatic N) is 5. The third kappa shape index (κ3) is 2.52. The maximum Gasteiger partial charge on any atom is 0.198 e. The van der Waals surface area contributed by atoms with E-state index in [1.54, 1.807) is 0 Å². The van der Waals surface area contributed by atoms with Crippen LogP contribution in [-0.2, 0) is 4.74 Å². The molecule has 0 radical (unpaired) electrons. The summed E-state index contributed by atoms with van der Waals surface area (Å²) in [5.74, 6) is -0.945. The molecule has 9 N–H and O–H groups in total. The minimum absolute atomic E-state index is 0.226. The van der Waals surface area contributed by atoms with Gasteiger partial charge in [-0.15, -0.1) is 10.2 Å². The second-order valence-corrected chi connectivity index (χ2v) is 4.42. The fourth-order valence-corrected chi connectivity index (χ4v) is 1.95. The molecule has 0 spiro atoms. The predicted octanol–water partition coefficient (Wildman–Crippen LogP) is -3.92. The van der Waals surface area contributed by atoms with E-state index in [1.807, 2.05) is 0 Å². The van der Waals surface area contributed by atoms with Crippen LogP contribution in [0.15, 0.2) is 10.3 Å². The minimum atomic E-state index is -1.44. The fraction of sp³-hybridized carbons (Fsp3) is 0.556. The summed E-state index contributed by atoms with van der Waals surface area (Å²) in [6.07, 6.45) is -5.09. The standard InChI is InChI=1S/C9H15N7O6/c10-7(14-20)3-4(8(11)15-21)13-16(12-3)9-6(19)5(18)2(1-17)22-9/h2,5-6,9,17-21H,1H2,(H2,10,14)(H2,11,15)/t2-,5-,6-,9?/m1/s1. The van der Waals surface area contributed by atoms with Crippen LogP contribution in [-0.4, -0.2) is 77.3 Å². The smallest absolute Gasteiger partial charge is 0.198 e. The highest BCUT2D eigenvalue weighted by Crippen LogP contribution is 2.28. The Morgan fingerprint density at radius 2 is 1.59 bits per heavy atom. The van der Waals surface area contributed by atoms with Crippen LogP contribution < -0.4 is 11.5 Å². The Morgan fingerprint density at radius 1 is 1.09 bits per heavy atom. The Morgan fingerprint density at radius 3 is 1.95 bits per heavy atom. The first-order chi connectivity index (χ1) is 10.4. The largest absolute Gasteiger partial charge is 0.409 e. The molecule has 122 valence electrons. The predicted molar refractivity (Wildman–Crippen MR) is 68.1 cm³/mol. The molecule has 1 unspecified atom stereocenters. The SMILES string of the molecule is N/C(=N\O)c1nn(C2O[C@H](CO)[C@@H](O)[C@H]2O)nc1/C(N)=N/O. The van der Waals surface area contributed by atoms with Crippen molar-refractivity contribution in [3.63, 3.8) is 0 Å². The molecule has 13 nitrogen and oxygen atoms in total. The lowest BCUT2D eigenvalue weighted by Gasteiger charge is -2.13. The average Bonchev–Trinajstić information content (AvgIpc) is 3.08. The number of amidine groups is 2. The van der Waals surface area contributed by atoms with E-state index in [1.165, 1.54) is 0 Å². The van der Waals surface area contributed by atoms with Gasteiger partial charge in [0.25, 0.3) is 0 Å². The maximum absolute atomic E-state index is 9.90. The molecule has 1 aliphatic rings. The van der Waals surface area contributed by atoms with Gasteiger partial charge < -0.3 is 41.9 Å². The molecule has 1 aromatic heterocycles. The first-order valence-corrected chi connectivity index (χ1v) is 5.99. The summed E-state index contributed by atoms with van der Waals surface area (Å²) in [5.41, 5.74) is 10.4. The van der Waals surface area contributed by atoms with Gasteiger partial charge >= 0.3 is 0 Å². The van der Waals surface area contributed by atoms with Crippen molar-refractivity contribution in [2.75, 3.05) is 6.61 Å². The molecule has 1 aliphatic heterocycles. The summed E-state index contributed by atoms with van der Waals surface area (Å²) < 4.78 is 5.22. The summed E-state index contributed by atoms with van der Waals surface area (Å²) >= 11 is 0. The molecule has 1 saturated heterocycles. The van der Waals surface area contributed by atoms with E-state index in [4.69, 9.17) is 31.7 Å². The topological polar surface area (TPSA) is 218 Å². The highest BCUT2D eigenvalue weighted by Gasteiger charge is 2.45. The quantitative estimate of drug-likeness (QED) is 0.124. The van der Waals surface area contributed by atoms with Crippen molar-refractivity contribution in [1.29, 1.82) is 0 Å². The second kappa shape index (κ2) is 6.10. The van der Waals surface area contributed by atoms with Gasteiger partial charge in [0, 0.05) is 0 Å². The van der Waals surface area contributed by atoms with Crippen molar-refractivity contribution in [3.05, 3.63) is 11.4 Å². The first-order valence-electron chi connectivity index (χ1n) is 5.99. The minimum Gasteiger partial charge on any atom is -0.409 e. The van der Waals surface area contributed by atoms with Gasteiger partial charge in [0.05, 0.1) is 6.61 Å². The van der Waals surface area contributed by atoms with Gasteiger partial charge in [-0.25, -0.2) is 0 Å². The maximum atomic E-state index is 9.90. The van der Waals surface area contributed by atoms with Gasteiger partial charge in [-0.3, -0.25) is 0 Å². The highest BCUT2D eigenvalue weighted by atomic mass is 16.6. The summed E-state index contributed by atoms with van der Waals surface area (Å²) in [6.45, 7) is -0.532. The van der Waals surface area contributed by atoms with E-state index in [-0.39, 0.29) is 11.4 Å². The van der Waals surface area contributed by atoms with E-state index < -0.39 is 42.8 Å². The molecule has 0 amide bonds. The zero-order chi connectivity index (χ0) is 16.4. The van der Waals surface area contributed by atoms with Crippen LogP contribution in [0.2, 0.25) is 0 Å². The molecule has 13 heteroatoms. The van der Waals surface area contributed by atoms with E-state index in [0.29, 0.717) is 0 Å². The number of aliphatic hydroxyl groups excluding tert-OH is 3. The van der Waals surface area contributed by atoms with Gasteiger partial charge in [-0.1, -0.05) is 10.3 Å². The van der Waals surface area contributed by atoms with Crippen LogP contribution in [0.1, 0.15) is 17.6 Å². The number of aromatic nitrogens is 3. The Labute approximate surface area is 122 Å². The van der Waals surface area contributed by atoms with Gasteiger partial charge in [-0.05, 0) is 0 Å². The van der Waals surface area contributed by atoms with Crippen molar-refractivity contribution in [2.24, 2.45) is 21.8 Å². The lowest BCUT2D eigenvalue weighted by Crippen LogP contribution is -2.33. The first kappa shape index (κ1) is 15.9. The molecular formula is C9H15N7O6. The number of nitrogens with two attached hydrogens (primary N) is 2. The Balaban J connectivity index is 2.43. The molecule has 1 fully saturated rings. The molecule has 4 atom stereocenters. The van der Waals surface area contributed by atoms with Gasteiger partial charge in [0.1, 0.15) is 18.3 Å².